The fraction of sp³-hybridized carbons (Fsp3) is 1.00. The lowest BCUT2D eigenvalue weighted by atomic mass is 9.82. The molecule has 2 atom stereocenters. The van der Waals surface area contributed by atoms with Gasteiger partial charge in [0.2, 0.25) is 0 Å². The highest BCUT2D eigenvalue weighted by Crippen LogP contribution is 2.48. The maximum absolute atomic E-state index is 2.80. The molecule has 0 aliphatic carbocycles. The second-order valence-corrected chi connectivity index (χ2v) is 5.84. The SMILES string of the molecule is CCC1N(CC)C(C)(CC)N(CC)C1(CC)CC. The molecule has 0 radical (unpaired) electrons. The summed E-state index contributed by atoms with van der Waals surface area (Å²) in [5.74, 6) is 0. The molecule has 18 heavy (non-hydrogen) atoms. The highest BCUT2D eigenvalue weighted by Gasteiger charge is 2.58. The van der Waals surface area contributed by atoms with Gasteiger partial charge in [-0.1, -0.05) is 41.5 Å². The molecule has 0 spiro atoms. The van der Waals surface area contributed by atoms with Gasteiger partial charge < -0.3 is 0 Å². The third-order valence-electron chi connectivity index (χ3n) is 5.67. The average Bonchev–Trinajstić information content (AvgIpc) is 2.63. The Kier molecular flexibility index (Phi) is 5.25. The van der Waals surface area contributed by atoms with Crippen LogP contribution in [0.3, 0.4) is 0 Å². The molecule has 1 fully saturated rings. The highest BCUT2D eigenvalue weighted by molar-refractivity contribution is 5.12. The third-order valence-corrected chi connectivity index (χ3v) is 5.67. The van der Waals surface area contributed by atoms with Crippen LogP contribution in [0.15, 0.2) is 0 Å². The van der Waals surface area contributed by atoms with Crippen LogP contribution in [0, 0.1) is 0 Å². The number of likely N-dealkylation sites (N-methyl/N-ethyl adjacent to an activating group) is 2. The van der Waals surface area contributed by atoms with Crippen LogP contribution in [-0.4, -0.2) is 40.1 Å². The Bertz CT molecular complexity index is 260. The summed E-state index contributed by atoms with van der Waals surface area (Å²) in [6.45, 7) is 18.9. The fourth-order valence-corrected chi connectivity index (χ4v) is 4.75. The molecule has 0 N–H and O–H groups in total. The monoisotopic (exact) mass is 254 g/mol. The first kappa shape index (κ1) is 16.0. The van der Waals surface area contributed by atoms with Crippen molar-refractivity contribution >= 4 is 0 Å². The van der Waals surface area contributed by atoms with E-state index < -0.39 is 0 Å². The summed E-state index contributed by atoms with van der Waals surface area (Å²) in [7, 11) is 0. The summed E-state index contributed by atoms with van der Waals surface area (Å²) in [6, 6.07) is 0.711. The molecular weight excluding hydrogens is 220 g/mol. The van der Waals surface area contributed by atoms with E-state index in [-0.39, 0.29) is 5.66 Å². The van der Waals surface area contributed by atoms with E-state index in [4.69, 9.17) is 0 Å². The predicted octanol–water partition coefficient (Wildman–Crippen LogP) is 4.11. The van der Waals surface area contributed by atoms with E-state index in [0.29, 0.717) is 11.6 Å². The largest absolute Gasteiger partial charge is 0.281 e. The van der Waals surface area contributed by atoms with Crippen molar-refractivity contribution in [1.29, 1.82) is 0 Å². The Morgan fingerprint density at radius 2 is 1.39 bits per heavy atom. The number of nitrogens with zero attached hydrogens (tertiary/aromatic N) is 2. The van der Waals surface area contributed by atoms with Gasteiger partial charge in [0.1, 0.15) is 0 Å². The van der Waals surface area contributed by atoms with Crippen LogP contribution in [0.2, 0.25) is 0 Å². The molecule has 1 rings (SSSR count). The molecule has 1 heterocycles. The van der Waals surface area contributed by atoms with Gasteiger partial charge in [0, 0.05) is 11.6 Å². The van der Waals surface area contributed by atoms with E-state index >= 15 is 0 Å². The van der Waals surface area contributed by atoms with Gasteiger partial charge in [-0.25, -0.2) is 0 Å². The Morgan fingerprint density at radius 1 is 0.833 bits per heavy atom. The summed E-state index contributed by atoms with van der Waals surface area (Å²) in [5, 5.41) is 0. The van der Waals surface area contributed by atoms with Crippen LogP contribution >= 0.6 is 0 Å². The van der Waals surface area contributed by atoms with E-state index in [2.05, 4.69) is 58.3 Å². The lowest BCUT2D eigenvalue weighted by molar-refractivity contribution is -0.00534. The first-order valence-corrected chi connectivity index (χ1v) is 8.06. The van der Waals surface area contributed by atoms with Crippen molar-refractivity contribution in [2.24, 2.45) is 0 Å². The Labute approximate surface area is 115 Å². The zero-order chi connectivity index (χ0) is 14.0. The van der Waals surface area contributed by atoms with Crippen LogP contribution in [0.1, 0.15) is 74.1 Å². The molecule has 108 valence electrons. The quantitative estimate of drug-likeness (QED) is 0.704. The first-order valence-electron chi connectivity index (χ1n) is 8.06. The Balaban J connectivity index is 3.32. The van der Waals surface area contributed by atoms with Crippen molar-refractivity contribution in [1.82, 2.24) is 9.80 Å². The van der Waals surface area contributed by atoms with Gasteiger partial charge in [0.25, 0.3) is 0 Å². The lowest BCUT2D eigenvalue weighted by Crippen LogP contribution is -2.55. The Morgan fingerprint density at radius 3 is 1.67 bits per heavy atom. The van der Waals surface area contributed by atoms with Gasteiger partial charge in [-0.3, -0.25) is 9.80 Å². The summed E-state index contributed by atoms with van der Waals surface area (Å²) < 4.78 is 0. The van der Waals surface area contributed by atoms with E-state index in [9.17, 15) is 0 Å². The Hall–Kier alpha value is -0.0800. The zero-order valence-corrected chi connectivity index (χ0v) is 13.7. The molecule has 1 saturated heterocycles. The first-order chi connectivity index (χ1) is 8.52. The smallest absolute Gasteiger partial charge is 0.0714 e. The van der Waals surface area contributed by atoms with Crippen LogP contribution < -0.4 is 0 Å². The average molecular weight is 254 g/mol. The second kappa shape index (κ2) is 5.92. The topological polar surface area (TPSA) is 6.48 Å². The fourth-order valence-electron chi connectivity index (χ4n) is 4.75. The standard InChI is InChI=1S/C16H34N2/c1-8-14-16(10-3,11-4)18(13-6)15(7,9-2)17(14)12-5/h14H,8-13H2,1-7H3. The lowest BCUT2D eigenvalue weighted by Gasteiger charge is -2.45. The molecule has 2 unspecified atom stereocenters. The van der Waals surface area contributed by atoms with E-state index in [1.807, 2.05) is 0 Å². The normalized spacial score (nSPS) is 33.2. The highest BCUT2D eigenvalue weighted by atomic mass is 15.5. The van der Waals surface area contributed by atoms with Crippen molar-refractivity contribution in [3.8, 4) is 0 Å². The van der Waals surface area contributed by atoms with Crippen molar-refractivity contribution in [3.63, 3.8) is 0 Å². The molecule has 0 amide bonds. The molecule has 0 aromatic heterocycles. The minimum Gasteiger partial charge on any atom is -0.281 e. The van der Waals surface area contributed by atoms with Crippen LogP contribution in [0.5, 0.6) is 0 Å². The van der Waals surface area contributed by atoms with Crippen LogP contribution in [0.25, 0.3) is 0 Å². The van der Waals surface area contributed by atoms with Gasteiger partial charge in [-0.15, -0.1) is 0 Å². The van der Waals surface area contributed by atoms with Gasteiger partial charge in [0.05, 0.1) is 5.66 Å². The van der Waals surface area contributed by atoms with Crippen LogP contribution in [0.4, 0.5) is 0 Å². The number of hydrogen-bond donors (Lipinski definition) is 0. The molecular formula is C16H34N2. The maximum atomic E-state index is 2.80. The minimum atomic E-state index is 0.246. The molecule has 0 bridgehead atoms. The molecule has 0 aromatic carbocycles. The molecule has 2 nitrogen and oxygen atoms in total. The van der Waals surface area contributed by atoms with Crippen LogP contribution in [-0.2, 0) is 0 Å². The van der Waals surface area contributed by atoms with Crippen molar-refractivity contribution in [2.75, 3.05) is 13.1 Å². The predicted molar refractivity (Wildman–Crippen MR) is 80.8 cm³/mol. The van der Waals surface area contributed by atoms with Gasteiger partial charge in [-0.05, 0) is 45.7 Å². The maximum Gasteiger partial charge on any atom is 0.0714 e. The molecule has 1 aliphatic rings. The second-order valence-electron chi connectivity index (χ2n) is 5.84. The minimum absolute atomic E-state index is 0.246. The van der Waals surface area contributed by atoms with Gasteiger partial charge in [-0.2, -0.15) is 0 Å². The van der Waals surface area contributed by atoms with Crippen molar-refractivity contribution in [2.45, 2.75) is 91.4 Å². The van der Waals surface area contributed by atoms with E-state index in [1.165, 1.54) is 38.8 Å². The molecule has 1 aliphatic heterocycles. The summed E-state index contributed by atoms with van der Waals surface area (Å²) in [4.78, 5) is 5.57. The number of hydrogen-bond acceptors (Lipinski definition) is 2. The van der Waals surface area contributed by atoms with Gasteiger partial charge in [0.15, 0.2) is 0 Å². The molecule has 2 heteroatoms. The number of rotatable bonds is 6. The summed E-state index contributed by atoms with van der Waals surface area (Å²) in [6.07, 6.45) is 5.01. The summed E-state index contributed by atoms with van der Waals surface area (Å²) >= 11 is 0. The third kappa shape index (κ3) is 1.92. The molecule has 0 saturated carbocycles. The summed E-state index contributed by atoms with van der Waals surface area (Å²) in [5.41, 5.74) is 0.625. The van der Waals surface area contributed by atoms with Gasteiger partial charge >= 0.3 is 0 Å². The van der Waals surface area contributed by atoms with Crippen molar-refractivity contribution < 1.29 is 0 Å². The van der Waals surface area contributed by atoms with Crippen molar-refractivity contribution in [3.05, 3.63) is 0 Å². The van der Waals surface area contributed by atoms with E-state index in [0.717, 1.165) is 0 Å². The molecule has 0 aromatic rings. The zero-order valence-electron chi connectivity index (χ0n) is 13.7. The van der Waals surface area contributed by atoms with E-state index in [1.54, 1.807) is 0 Å².